The molecule has 0 spiro atoms. The minimum atomic E-state index is -0.102. The lowest BCUT2D eigenvalue weighted by atomic mass is 9.96. The van der Waals surface area contributed by atoms with Crippen LogP contribution in [0.5, 0.6) is 5.75 Å². The summed E-state index contributed by atoms with van der Waals surface area (Å²) in [6, 6.07) is 11.4. The number of carbonyl (C=O) groups excluding carboxylic acids is 2. The Kier molecular flexibility index (Phi) is 6.06. The number of hydrogen-bond acceptors (Lipinski definition) is 4. The van der Waals surface area contributed by atoms with Crippen molar-refractivity contribution in [3.8, 4) is 5.75 Å². The maximum absolute atomic E-state index is 12.4. The average Bonchev–Trinajstić information content (AvgIpc) is 2.68. The number of pyridine rings is 1. The summed E-state index contributed by atoms with van der Waals surface area (Å²) in [5.74, 6) is 1.08. The van der Waals surface area contributed by atoms with Crippen LogP contribution in [0.2, 0.25) is 0 Å². The van der Waals surface area contributed by atoms with Gasteiger partial charge in [0.1, 0.15) is 11.6 Å². The summed E-state index contributed by atoms with van der Waals surface area (Å²) in [5.41, 5.74) is 2.14. The summed E-state index contributed by atoms with van der Waals surface area (Å²) in [4.78, 5) is 30.7. The largest absolute Gasteiger partial charge is 0.484 e. The van der Waals surface area contributed by atoms with E-state index < -0.39 is 0 Å². The molecule has 2 heterocycles. The fourth-order valence-electron chi connectivity index (χ4n) is 3.10. The fraction of sp³-hybridized carbons (Fsp3) is 0.381. The molecule has 0 radical (unpaired) electrons. The zero-order valence-electron chi connectivity index (χ0n) is 15.8. The van der Waals surface area contributed by atoms with Gasteiger partial charge in [-0.25, -0.2) is 4.98 Å². The van der Waals surface area contributed by atoms with E-state index in [1.807, 2.05) is 44.2 Å². The molecule has 2 amide bonds. The Morgan fingerprint density at radius 2 is 1.93 bits per heavy atom. The van der Waals surface area contributed by atoms with E-state index in [9.17, 15) is 9.59 Å². The van der Waals surface area contributed by atoms with Crippen molar-refractivity contribution in [3.63, 3.8) is 0 Å². The maximum Gasteiger partial charge on any atom is 0.260 e. The van der Waals surface area contributed by atoms with Crippen LogP contribution >= 0.6 is 0 Å². The Morgan fingerprint density at radius 3 is 2.59 bits per heavy atom. The predicted octanol–water partition coefficient (Wildman–Crippen LogP) is 2.95. The molecule has 0 atom stereocenters. The first-order valence-corrected chi connectivity index (χ1v) is 9.22. The normalized spacial score (nSPS) is 14.7. The first kappa shape index (κ1) is 18.9. The lowest BCUT2D eigenvalue weighted by Crippen LogP contribution is -2.43. The van der Waals surface area contributed by atoms with Crippen LogP contribution in [0.4, 0.5) is 5.82 Å². The molecule has 27 heavy (non-hydrogen) atoms. The summed E-state index contributed by atoms with van der Waals surface area (Å²) in [6.07, 6.45) is 3.02. The van der Waals surface area contributed by atoms with Crippen LogP contribution in [0.25, 0.3) is 0 Å². The molecule has 0 unspecified atom stereocenters. The molecule has 1 aliphatic rings. The van der Waals surface area contributed by atoms with E-state index in [0.717, 1.165) is 11.1 Å². The van der Waals surface area contributed by atoms with Gasteiger partial charge in [0.25, 0.3) is 5.91 Å². The predicted molar refractivity (Wildman–Crippen MR) is 104 cm³/mol. The molecule has 2 aromatic rings. The number of anilines is 1. The van der Waals surface area contributed by atoms with Crippen molar-refractivity contribution in [2.24, 2.45) is 5.92 Å². The number of likely N-dealkylation sites (tertiary alicyclic amines) is 1. The maximum atomic E-state index is 12.4. The first-order chi connectivity index (χ1) is 13.0. The van der Waals surface area contributed by atoms with Crippen LogP contribution in [0.15, 0.2) is 42.6 Å². The quantitative estimate of drug-likeness (QED) is 0.882. The van der Waals surface area contributed by atoms with E-state index in [1.54, 1.807) is 17.2 Å². The molecular weight excluding hydrogens is 342 g/mol. The molecule has 0 bridgehead atoms. The Hall–Kier alpha value is -2.89. The second-order valence-electron chi connectivity index (χ2n) is 6.97. The summed E-state index contributed by atoms with van der Waals surface area (Å²) in [7, 11) is 0. The minimum absolute atomic E-state index is 0.0214. The van der Waals surface area contributed by atoms with E-state index in [2.05, 4.69) is 10.3 Å². The van der Waals surface area contributed by atoms with E-state index in [4.69, 9.17) is 4.74 Å². The number of ether oxygens (including phenoxy) is 1. The highest BCUT2D eigenvalue weighted by molar-refractivity contribution is 5.91. The number of piperidine rings is 1. The Morgan fingerprint density at radius 1 is 1.15 bits per heavy atom. The molecule has 1 aromatic carbocycles. The highest BCUT2D eigenvalue weighted by atomic mass is 16.5. The van der Waals surface area contributed by atoms with Crippen molar-refractivity contribution < 1.29 is 14.3 Å². The lowest BCUT2D eigenvalue weighted by Gasteiger charge is -2.31. The standard InChI is InChI=1S/C21H25N3O3/c1-15-4-3-5-18(12-15)27-14-20(25)24-10-8-17(9-11-24)21(26)23-19-7-6-16(2)13-22-19/h3-7,12-13,17H,8-11,14H2,1-2H3,(H,22,23,26). The number of rotatable bonds is 5. The smallest absolute Gasteiger partial charge is 0.260 e. The van der Waals surface area contributed by atoms with Gasteiger partial charge in [-0.05, 0) is 56.0 Å². The zero-order chi connectivity index (χ0) is 19.2. The summed E-state index contributed by atoms with van der Waals surface area (Å²) >= 11 is 0. The Labute approximate surface area is 159 Å². The third-order valence-corrected chi connectivity index (χ3v) is 4.73. The molecule has 0 saturated carbocycles. The van der Waals surface area contributed by atoms with Crippen molar-refractivity contribution in [1.29, 1.82) is 0 Å². The van der Waals surface area contributed by atoms with Crippen molar-refractivity contribution in [2.45, 2.75) is 26.7 Å². The van der Waals surface area contributed by atoms with Crippen LogP contribution in [-0.2, 0) is 9.59 Å². The molecule has 3 rings (SSSR count). The highest BCUT2D eigenvalue weighted by Gasteiger charge is 2.27. The van der Waals surface area contributed by atoms with E-state index >= 15 is 0 Å². The number of hydrogen-bond donors (Lipinski definition) is 1. The molecule has 1 saturated heterocycles. The van der Waals surface area contributed by atoms with Gasteiger partial charge in [0.2, 0.25) is 5.91 Å². The average molecular weight is 367 g/mol. The minimum Gasteiger partial charge on any atom is -0.484 e. The molecule has 1 N–H and O–H groups in total. The van der Waals surface area contributed by atoms with Crippen molar-refractivity contribution in [1.82, 2.24) is 9.88 Å². The molecule has 6 nitrogen and oxygen atoms in total. The topological polar surface area (TPSA) is 71.5 Å². The number of carbonyl (C=O) groups is 2. The van der Waals surface area contributed by atoms with Crippen molar-refractivity contribution in [3.05, 3.63) is 53.7 Å². The number of aromatic nitrogens is 1. The zero-order valence-corrected chi connectivity index (χ0v) is 15.8. The van der Waals surface area contributed by atoms with Gasteiger partial charge >= 0.3 is 0 Å². The Balaban J connectivity index is 1.44. The number of nitrogens with one attached hydrogen (secondary N) is 1. The van der Waals surface area contributed by atoms with Crippen LogP contribution < -0.4 is 10.1 Å². The molecule has 6 heteroatoms. The molecule has 142 valence electrons. The van der Waals surface area contributed by atoms with Crippen LogP contribution in [0, 0.1) is 19.8 Å². The summed E-state index contributed by atoms with van der Waals surface area (Å²) in [5, 5.41) is 2.86. The summed E-state index contributed by atoms with van der Waals surface area (Å²) in [6.45, 7) is 5.09. The van der Waals surface area contributed by atoms with Crippen LogP contribution in [-0.4, -0.2) is 41.4 Å². The van der Waals surface area contributed by atoms with E-state index in [0.29, 0.717) is 37.5 Å². The number of aryl methyl sites for hydroxylation is 2. The third kappa shape index (κ3) is 5.29. The van der Waals surface area contributed by atoms with Gasteiger partial charge in [-0.2, -0.15) is 0 Å². The molecule has 1 aromatic heterocycles. The second kappa shape index (κ2) is 8.66. The highest BCUT2D eigenvalue weighted by Crippen LogP contribution is 2.20. The molecule has 1 aliphatic heterocycles. The van der Waals surface area contributed by atoms with Gasteiger partial charge in [-0.1, -0.05) is 18.2 Å². The second-order valence-corrected chi connectivity index (χ2v) is 6.97. The van der Waals surface area contributed by atoms with Gasteiger partial charge in [0.15, 0.2) is 6.61 Å². The summed E-state index contributed by atoms with van der Waals surface area (Å²) < 4.78 is 5.59. The van der Waals surface area contributed by atoms with Crippen molar-refractivity contribution >= 4 is 17.6 Å². The molecule has 1 fully saturated rings. The Bertz CT molecular complexity index is 797. The van der Waals surface area contributed by atoms with Gasteiger partial charge in [-0.3, -0.25) is 9.59 Å². The van der Waals surface area contributed by atoms with Gasteiger partial charge < -0.3 is 15.0 Å². The molecule has 0 aliphatic carbocycles. The van der Waals surface area contributed by atoms with Gasteiger partial charge in [-0.15, -0.1) is 0 Å². The number of amides is 2. The first-order valence-electron chi connectivity index (χ1n) is 9.22. The SMILES string of the molecule is Cc1ccc(NC(=O)C2CCN(C(=O)COc3cccc(C)c3)CC2)nc1. The lowest BCUT2D eigenvalue weighted by molar-refractivity contribution is -0.136. The van der Waals surface area contributed by atoms with Gasteiger partial charge in [0.05, 0.1) is 0 Å². The molecular formula is C21H25N3O3. The number of nitrogens with zero attached hydrogens (tertiary/aromatic N) is 2. The third-order valence-electron chi connectivity index (χ3n) is 4.73. The monoisotopic (exact) mass is 367 g/mol. The van der Waals surface area contributed by atoms with Crippen molar-refractivity contribution in [2.75, 3.05) is 25.0 Å². The van der Waals surface area contributed by atoms with Crippen LogP contribution in [0.3, 0.4) is 0 Å². The van der Waals surface area contributed by atoms with Gasteiger partial charge in [0, 0.05) is 25.2 Å². The fourth-order valence-corrected chi connectivity index (χ4v) is 3.10. The van der Waals surface area contributed by atoms with Crippen LogP contribution in [0.1, 0.15) is 24.0 Å². The van der Waals surface area contributed by atoms with E-state index in [-0.39, 0.29) is 24.3 Å². The number of benzene rings is 1. The van der Waals surface area contributed by atoms with E-state index in [1.165, 1.54) is 0 Å².